The molecule has 164 valence electrons. The van der Waals surface area contributed by atoms with Crippen LogP contribution in [-0.2, 0) is 28.8 Å². The van der Waals surface area contributed by atoms with Crippen molar-refractivity contribution in [2.45, 2.75) is 51.2 Å². The molecule has 13 nitrogen and oxygen atoms in total. The molecule has 13 heteroatoms. The summed E-state index contributed by atoms with van der Waals surface area (Å²) in [5.41, 5.74) is 15.4. The first-order valence-corrected chi connectivity index (χ1v) is 8.77. The molecule has 10 N–H and O–H groups in total. The molecule has 29 heavy (non-hydrogen) atoms. The number of hydrogen-bond donors (Lipinski definition) is 7. The van der Waals surface area contributed by atoms with Gasteiger partial charge in [0.05, 0.1) is 19.0 Å². The average molecular weight is 416 g/mol. The van der Waals surface area contributed by atoms with E-state index in [1.165, 1.54) is 0 Å². The molecule has 0 spiro atoms. The summed E-state index contributed by atoms with van der Waals surface area (Å²) < 4.78 is 0. The Labute approximate surface area is 167 Å². The first kappa shape index (κ1) is 25.8. The number of rotatable bonds is 13. The molecule has 3 unspecified atom stereocenters. The highest BCUT2D eigenvalue weighted by atomic mass is 16.4. The minimum absolute atomic E-state index is 0.174. The number of carboxylic acids is 1. The number of carbonyl (C=O) groups excluding carboxylic acids is 5. The molecule has 5 amide bonds. The van der Waals surface area contributed by atoms with Crippen molar-refractivity contribution in [2.75, 3.05) is 6.54 Å². The van der Waals surface area contributed by atoms with Gasteiger partial charge in [-0.15, -0.1) is 0 Å². The molecule has 0 aromatic heterocycles. The maximum absolute atomic E-state index is 12.4. The zero-order valence-corrected chi connectivity index (χ0v) is 16.3. The van der Waals surface area contributed by atoms with Gasteiger partial charge in [-0.2, -0.15) is 0 Å². The molecule has 0 fully saturated rings. The molecule has 0 aliphatic carbocycles. The Hall–Kier alpha value is -3.22. The summed E-state index contributed by atoms with van der Waals surface area (Å²) in [6.07, 6.45) is -0.830. The molecule has 3 atom stereocenters. The van der Waals surface area contributed by atoms with Crippen LogP contribution in [0.3, 0.4) is 0 Å². The summed E-state index contributed by atoms with van der Waals surface area (Å²) in [6, 6.07) is -3.70. The second-order valence-electron chi connectivity index (χ2n) is 6.69. The molecular weight excluding hydrogens is 388 g/mol. The third kappa shape index (κ3) is 10.6. The van der Waals surface area contributed by atoms with Crippen LogP contribution < -0.4 is 33.2 Å². The standard InChI is InChI=1S/C16H28N6O7/c1-7(2)13(16(28)29)22-15(27)9(3-4-10(18)23)21-12(25)6-20-14(26)8(17)5-11(19)24/h7-9,13H,3-6,17H2,1-2H3,(H2,18,23)(H2,19,24)(H,20,26)(H,21,25)(H,22,27)(H,28,29). The lowest BCUT2D eigenvalue weighted by Crippen LogP contribution is -2.55. The van der Waals surface area contributed by atoms with E-state index >= 15 is 0 Å². The number of carboxylic acid groups (broad SMARTS) is 1. The van der Waals surface area contributed by atoms with Crippen LogP contribution in [0.25, 0.3) is 0 Å². The molecule has 0 aromatic rings. The summed E-state index contributed by atoms with van der Waals surface area (Å²) >= 11 is 0. The van der Waals surface area contributed by atoms with Gasteiger partial charge in [-0.3, -0.25) is 24.0 Å². The molecule has 0 heterocycles. The van der Waals surface area contributed by atoms with Crippen LogP contribution in [0.5, 0.6) is 0 Å². The second kappa shape index (κ2) is 12.3. The van der Waals surface area contributed by atoms with E-state index in [0.29, 0.717) is 0 Å². The largest absolute Gasteiger partial charge is 0.480 e. The third-order valence-electron chi connectivity index (χ3n) is 3.74. The predicted molar refractivity (Wildman–Crippen MR) is 99.6 cm³/mol. The zero-order valence-electron chi connectivity index (χ0n) is 16.3. The summed E-state index contributed by atoms with van der Waals surface area (Å²) in [7, 11) is 0. The fourth-order valence-electron chi connectivity index (χ4n) is 2.18. The molecule has 0 bridgehead atoms. The minimum atomic E-state index is -1.26. The Bertz CT molecular complexity index is 652. The number of aliphatic carboxylic acids is 1. The normalized spacial score (nSPS) is 13.7. The summed E-state index contributed by atoms with van der Waals surface area (Å²) in [4.78, 5) is 69.1. The molecular formula is C16H28N6O7. The Morgan fingerprint density at radius 1 is 0.931 bits per heavy atom. The lowest BCUT2D eigenvalue weighted by molar-refractivity contribution is -0.143. The van der Waals surface area contributed by atoms with Gasteiger partial charge in [0.2, 0.25) is 29.5 Å². The Balaban J connectivity index is 4.95. The van der Waals surface area contributed by atoms with Crippen molar-refractivity contribution in [1.82, 2.24) is 16.0 Å². The van der Waals surface area contributed by atoms with Gasteiger partial charge in [-0.05, 0) is 12.3 Å². The van der Waals surface area contributed by atoms with Crippen molar-refractivity contribution in [3.8, 4) is 0 Å². The van der Waals surface area contributed by atoms with Crippen molar-refractivity contribution in [3.05, 3.63) is 0 Å². The van der Waals surface area contributed by atoms with Gasteiger partial charge < -0.3 is 38.3 Å². The highest BCUT2D eigenvalue weighted by Crippen LogP contribution is 2.04. The molecule has 0 aliphatic rings. The van der Waals surface area contributed by atoms with Crippen LogP contribution in [0.2, 0.25) is 0 Å². The van der Waals surface area contributed by atoms with Gasteiger partial charge in [0.15, 0.2) is 0 Å². The molecule has 0 aromatic carbocycles. The topological polar surface area (TPSA) is 237 Å². The fraction of sp³-hybridized carbons (Fsp3) is 0.625. The smallest absolute Gasteiger partial charge is 0.326 e. The number of carbonyl (C=O) groups is 6. The van der Waals surface area contributed by atoms with E-state index in [0.717, 1.165) is 0 Å². The second-order valence-corrected chi connectivity index (χ2v) is 6.69. The minimum Gasteiger partial charge on any atom is -0.480 e. The van der Waals surface area contributed by atoms with Gasteiger partial charge in [0.1, 0.15) is 12.1 Å². The first-order valence-electron chi connectivity index (χ1n) is 8.77. The number of amides is 5. The third-order valence-corrected chi connectivity index (χ3v) is 3.74. The van der Waals surface area contributed by atoms with E-state index in [9.17, 15) is 28.8 Å². The van der Waals surface area contributed by atoms with Crippen LogP contribution in [0, 0.1) is 5.92 Å². The number of hydrogen-bond acceptors (Lipinski definition) is 7. The Morgan fingerprint density at radius 2 is 1.52 bits per heavy atom. The van der Waals surface area contributed by atoms with Crippen molar-refractivity contribution in [1.29, 1.82) is 0 Å². The van der Waals surface area contributed by atoms with Gasteiger partial charge >= 0.3 is 5.97 Å². The number of nitrogens with one attached hydrogen (secondary N) is 3. The summed E-state index contributed by atoms with van der Waals surface area (Å²) in [6.45, 7) is 2.60. The zero-order chi connectivity index (χ0) is 22.7. The highest BCUT2D eigenvalue weighted by Gasteiger charge is 2.28. The maximum Gasteiger partial charge on any atom is 0.326 e. The van der Waals surface area contributed by atoms with Crippen LogP contribution in [0.1, 0.15) is 33.1 Å². The van der Waals surface area contributed by atoms with Gasteiger partial charge in [-0.25, -0.2) is 4.79 Å². The molecule has 0 saturated heterocycles. The Kier molecular flexibility index (Phi) is 10.9. The molecule has 0 saturated carbocycles. The number of nitrogens with two attached hydrogens (primary N) is 3. The SMILES string of the molecule is CC(C)C(NC(=O)C(CCC(N)=O)NC(=O)CNC(=O)C(N)CC(N)=O)C(=O)O. The lowest BCUT2D eigenvalue weighted by Gasteiger charge is -2.23. The van der Waals surface area contributed by atoms with Gasteiger partial charge in [0.25, 0.3) is 0 Å². The van der Waals surface area contributed by atoms with E-state index < -0.39 is 72.5 Å². The van der Waals surface area contributed by atoms with Crippen molar-refractivity contribution in [3.63, 3.8) is 0 Å². The molecule has 0 rings (SSSR count). The van der Waals surface area contributed by atoms with Crippen molar-refractivity contribution < 1.29 is 33.9 Å². The van der Waals surface area contributed by atoms with E-state index in [1.54, 1.807) is 13.8 Å². The van der Waals surface area contributed by atoms with E-state index in [-0.39, 0.29) is 12.8 Å². The van der Waals surface area contributed by atoms with E-state index in [4.69, 9.17) is 22.3 Å². The van der Waals surface area contributed by atoms with Crippen LogP contribution in [-0.4, -0.2) is 65.3 Å². The summed E-state index contributed by atoms with van der Waals surface area (Å²) in [5, 5.41) is 15.9. The van der Waals surface area contributed by atoms with Crippen LogP contribution in [0.4, 0.5) is 0 Å². The van der Waals surface area contributed by atoms with Crippen LogP contribution >= 0.6 is 0 Å². The quantitative estimate of drug-likeness (QED) is 0.157. The molecule has 0 radical (unpaired) electrons. The highest BCUT2D eigenvalue weighted by molar-refractivity contribution is 5.93. The molecule has 0 aliphatic heterocycles. The van der Waals surface area contributed by atoms with E-state index in [2.05, 4.69) is 16.0 Å². The first-order chi connectivity index (χ1) is 13.3. The van der Waals surface area contributed by atoms with E-state index in [1.807, 2.05) is 0 Å². The monoisotopic (exact) mass is 416 g/mol. The predicted octanol–water partition coefficient (Wildman–Crippen LogP) is -3.72. The fourth-order valence-corrected chi connectivity index (χ4v) is 2.18. The van der Waals surface area contributed by atoms with Crippen molar-refractivity contribution in [2.24, 2.45) is 23.1 Å². The number of primary amides is 2. The lowest BCUT2D eigenvalue weighted by atomic mass is 10.0. The van der Waals surface area contributed by atoms with Crippen LogP contribution in [0.15, 0.2) is 0 Å². The van der Waals surface area contributed by atoms with Gasteiger partial charge in [-0.1, -0.05) is 13.8 Å². The maximum atomic E-state index is 12.4. The Morgan fingerprint density at radius 3 is 1.97 bits per heavy atom. The average Bonchev–Trinajstić information content (AvgIpc) is 2.59. The van der Waals surface area contributed by atoms with Gasteiger partial charge in [0, 0.05) is 6.42 Å². The van der Waals surface area contributed by atoms with Crippen molar-refractivity contribution >= 4 is 35.5 Å². The summed E-state index contributed by atoms with van der Waals surface area (Å²) in [5.74, 6) is -5.63.